The minimum absolute atomic E-state index is 0.0231. The van der Waals surface area contributed by atoms with Crippen molar-refractivity contribution in [2.24, 2.45) is 17.6 Å². The molecule has 0 bridgehead atoms. The van der Waals surface area contributed by atoms with Crippen LogP contribution >= 0.6 is 0 Å². The van der Waals surface area contributed by atoms with Crippen LogP contribution in [0.25, 0.3) is 0 Å². The van der Waals surface area contributed by atoms with Crippen LogP contribution in [0.4, 0.5) is 0 Å². The third-order valence-corrected chi connectivity index (χ3v) is 4.05. The summed E-state index contributed by atoms with van der Waals surface area (Å²) in [7, 11) is 0. The van der Waals surface area contributed by atoms with Crippen molar-refractivity contribution in [1.82, 2.24) is 4.98 Å². The fourth-order valence-corrected chi connectivity index (χ4v) is 3.22. The van der Waals surface area contributed by atoms with Crippen molar-refractivity contribution >= 4 is 0 Å². The first-order chi connectivity index (χ1) is 6.83. The standard InChI is InChI=1S/C12H16N2/c13-12(9-4-3-7-14-8-9)10-5-1-2-6-11(10)12/h3-4,7-8,10-11H,1-2,5-6,13H2. The van der Waals surface area contributed by atoms with Gasteiger partial charge in [-0.3, -0.25) is 4.98 Å². The number of fused-ring (bicyclic) bond motifs is 1. The molecule has 3 rings (SSSR count). The number of hydrogen-bond donors (Lipinski definition) is 1. The molecule has 0 spiro atoms. The van der Waals surface area contributed by atoms with Gasteiger partial charge in [-0.05, 0) is 36.3 Å². The molecule has 14 heavy (non-hydrogen) atoms. The Kier molecular flexibility index (Phi) is 1.68. The summed E-state index contributed by atoms with van der Waals surface area (Å²) in [6.45, 7) is 0. The van der Waals surface area contributed by atoms with Crippen molar-refractivity contribution in [3.63, 3.8) is 0 Å². The SMILES string of the molecule is NC1(c2cccnc2)C2CCCCC21. The van der Waals surface area contributed by atoms with Gasteiger partial charge in [0.05, 0.1) is 0 Å². The number of nitrogens with zero attached hydrogens (tertiary/aromatic N) is 1. The number of aromatic nitrogens is 1. The van der Waals surface area contributed by atoms with E-state index in [9.17, 15) is 0 Å². The molecule has 2 atom stereocenters. The highest BCUT2D eigenvalue weighted by Crippen LogP contribution is 2.62. The van der Waals surface area contributed by atoms with Crippen LogP contribution in [-0.4, -0.2) is 4.98 Å². The first-order valence-electron chi connectivity index (χ1n) is 5.53. The van der Waals surface area contributed by atoms with Crippen molar-refractivity contribution in [3.05, 3.63) is 30.1 Å². The van der Waals surface area contributed by atoms with E-state index in [2.05, 4.69) is 11.1 Å². The molecule has 2 unspecified atom stereocenters. The van der Waals surface area contributed by atoms with Crippen LogP contribution in [0.5, 0.6) is 0 Å². The second kappa shape index (κ2) is 2.80. The quantitative estimate of drug-likeness (QED) is 0.732. The van der Waals surface area contributed by atoms with Gasteiger partial charge < -0.3 is 5.73 Å². The van der Waals surface area contributed by atoms with Crippen LogP contribution in [0.15, 0.2) is 24.5 Å². The van der Waals surface area contributed by atoms with E-state index < -0.39 is 0 Å². The van der Waals surface area contributed by atoms with Crippen LogP contribution in [0.2, 0.25) is 0 Å². The van der Waals surface area contributed by atoms with Crippen LogP contribution in [0, 0.1) is 11.8 Å². The zero-order valence-electron chi connectivity index (χ0n) is 8.32. The first kappa shape index (κ1) is 8.42. The van der Waals surface area contributed by atoms with Crippen molar-refractivity contribution in [2.75, 3.05) is 0 Å². The predicted molar refractivity (Wildman–Crippen MR) is 55.6 cm³/mol. The van der Waals surface area contributed by atoms with Crippen LogP contribution < -0.4 is 5.73 Å². The molecule has 0 aliphatic heterocycles. The number of hydrogen-bond acceptors (Lipinski definition) is 2. The van der Waals surface area contributed by atoms with Crippen LogP contribution in [0.1, 0.15) is 31.2 Å². The summed E-state index contributed by atoms with van der Waals surface area (Å²) >= 11 is 0. The second-order valence-electron chi connectivity index (χ2n) is 4.67. The van der Waals surface area contributed by atoms with Gasteiger partial charge in [-0.25, -0.2) is 0 Å². The highest BCUT2D eigenvalue weighted by atomic mass is 14.9. The zero-order valence-corrected chi connectivity index (χ0v) is 8.32. The minimum atomic E-state index is -0.0231. The first-order valence-corrected chi connectivity index (χ1v) is 5.53. The normalized spacial score (nSPS) is 40.4. The molecule has 0 aromatic carbocycles. The maximum absolute atomic E-state index is 6.48. The molecule has 1 aromatic heterocycles. The maximum Gasteiger partial charge on any atom is 0.0489 e. The van der Waals surface area contributed by atoms with Gasteiger partial charge in [0.2, 0.25) is 0 Å². The monoisotopic (exact) mass is 188 g/mol. The topological polar surface area (TPSA) is 38.9 Å². The van der Waals surface area contributed by atoms with E-state index in [1.54, 1.807) is 0 Å². The molecular weight excluding hydrogens is 172 g/mol. The van der Waals surface area contributed by atoms with E-state index in [0.717, 1.165) is 11.8 Å². The number of pyridine rings is 1. The van der Waals surface area contributed by atoms with E-state index in [4.69, 9.17) is 5.73 Å². The van der Waals surface area contributed by atoms with Crippen LogP contribution in [0.3, 0.4) is 0 Å². The third-order valence-electron chi connectivity index (χ3n) is 4.05. The largest absolute Gasteiger partial charge is 0.321 e. The lowest BCUT2D eigenvalue weighted by molar-refractivity contribution is 0.480. The Hall–Kier alpha value is -0.890. The van der Waals surface area contributed by atoms with Gasteiger partial charge in [-0.2, -0.15) is 0 Å². The molecule has 0 amide bonds. The van der Waals surface area contributed by atoms with E-state index in [1.807, 2.05) is 18.5 Å². The molecule has 2 N–H and O–H groups in total. The minimum Gasteiger partial charge on any atom is -0.321 e. The summed E-state index contributed by atoms with van der Waals surface area (Å²) < 4.78 is 0. The van der Waals surface area contributed by atoms with Gasteiger partial charge in [0.15, 0.2) is 0 Å². The average Bonchev–Trinajstić information content (AvgIpc) is 2.89. The molecule has 2 nitrogen and oxygen atoms in total. The Labute approximate surface area is 84.5 Å². The molecule has 2 aliphatic rings. The van der Waals surface area contributed by atoms with Crippen LogP contribution in [-0.2, 0) is 5.54 Å². The molecule has 0 saturated heterocycles. The Morgan fingerprint density at radius 3 is 2.57 bits per heavy atom. The summed E-state index contributed by atoms with van der Waals surface area (Å²) in [5.41, 5.74) is 7.70. The zero-order chi connectivity index (χ0) is 9.60. The fraction of sp³-hybridized carbons (Fsp3) is 0.583. The molecule has 0 radical (unpaired) electrons. The van der Waals surface area contributed by atoms with Gasteiger partial charge in [0, 0.05) is 17.9 Å². The third kappa shape index (κ3) is 0.976. The van der Waals surface area contributed by atoms with E-state index >= 15 is 0 Å². The summed E-state index contributed by atoms with van der Waals surface area (Å²) in [4.78, 5) is 4.17. The Morgan fingerprint density at radius 1 is 1.29 bits per heavy atom. The highest BCUT2D eigenvalue weighted by Gasteiger charge is 2.62. The summed E-state index contributed by atoms with van der Waals surface area (Å²) in [5, 5.41) is 0. The lowest BCUT2D eigenvalue weighted by Gasteiger charge is -2.10. The molecule has 2 aliphatic carbocycles. The van der Waals surface area contributed by atoms with Crippen molar-refractivity contribution in [1.29, 1.82) is 0 Å². The Morgan fingerprint density at radius 2 is 2.00 bits per heavy atom. The van der Waals surface area contributed by atoms with Crippen molar-refractivity contribution < 1.29 is 0 Å². The van der Waals surface area contributed by atoms with E-state index in [1.165, 1.54) is 31.2 Å². The van der Waals surface area contributed by atoms with Gasteiger partial charge in [0.1, 0.15) is 0 Å². The molecule has 2 heteroatoms. The predicted octanol–water partition coefficient (Wildman–Crippen LogP) is 2.06. The maximum atomic E-state index is 6.48. The molecular formula is C12H16N2. The highest BCUT2D eigenvalue weighted by molar-refractivity contribution is 5.33. The van der Waals surface area contributed by atoms with Gasteiger partial charge in [-0.15, -0.1) is 0 Å². The average molecular weight is 188 g/mol. The fourth-order valence-electron chi connectivity index (χ4n) is 3.22. The molecule has 1 aromatic rings. The van der Waals surface area contributed by atoms with Gasteiger partial charge in [-0.1, -0.05) is 18.9 Å². The smallest absolute Gasteiger partial charge is 0.0489 e. The van der Waals surface area contributed by atoms with Crippen molar-refractivity contribution in [3.8, 4) is 0 Å². The summed E-state index contributed by atoms with van der Waals surface area (Å²) in [5.74, 6) is 1.47. The lowest BCUT2D eigenvalue weighted by Crippen LogP contribution is -2.23. The summed E-state index contributed by atoms with van der Waals surface area (Å²) in [6.07, 6.45) is 9.12. The van der Waals surface area contributed by atoms with Gasteiger partial charge in [0.25, 0.3) is 0 Å². The van der Waals surface area contributed by atoms with E-state index in [-0.39, 0.29) is 5.54 Å². The number of nitrogens with two attached hydrogens (primary N) is 1. The van der Waals surface area contributed by atoms with E-state index in [0.29, 0.717) is 0 Å². The van der Waals surface area contributed by atoms with Crippen molar-refractivity contribution in [2.45, 2.75) is 31.2 Å². The molecule has 2 saturated carbocycles. The molecule has 74 valence electrons. The van der Waals surface area contributed by atoms with Gasteiger partial charge >= 0.3 is 0 Å². The molecule has 2 fully saturated rings. The number of rotatable bonds is 1. The molecule has 1 heterocycles. The Balaban J connectivity index is 1.92. The second-order valence-corrected chi connectivity index (χ2v) is 4.67. The summed E-state index contributed by atoms with van der Waals surface area (Å²) in [6, 6.07) is 4.12. The lowest BCUT2D eigenvalue weighted by atomic mass is 10.0. The Bertz CT molecular complexity index is 321.